The maximum Gasteiger partial charge on any atom is 0.184 e. The molecule has 0 aliphatic heterocycles. The Labute approximate surface area is 47.0 Å². The fourth-order valence-electron chi connectivity index (χ4n) is 0.257. The van der Waals surface area contributed by atoms with Crippen LogP contribution in [-0.4, -0.2) is 9.97 Å². The van der Waals surface area contributed by atoms with Crippen LogP contribution in [0.2, 0.25) is 0 Å². The molecule has 1 radical (unpaired) electrons. The molecule has 0 spiro atoms. The summed E-state index contributed by atoms with van der Waals surface area (Å²) >= 11 is 3.84. The minimum absolute atomic E-state index is 0.485. The van der Waals surface area contributed by atoms with E-state index in [4.69, 9.17) is 0 Å². The molecule has 0 bridgehead atoms. The van der Waals surface area contributed by atoms with Crippen molar-refractivity contribution in [3.05, 3.63) is 18.5 Å². The van der Waals surface area contributed by atoms with Gasteiger partial charge in [-0.15, -0.1) is 12.6 Å². The summed E-state index contributed by atoms with van der Waals surface area (Å²) in [6, 6.07) is 2.66. The second-order valence-electron chi connectivity index (χ2n) is 0.983. The van der Waals surface area contributed by atoms with E-state index in [-0.39, 0.29) is 0 Å². The van der Waals surface area contributed by atoms with Crippen LogP contribution in [0.5, 0.6) is 0 Å². The Balaban J connectivity index is 3.02. The van der Waals surface area contributed by atoms with Gasteiger partial charge in [0, 0.05) is 18.5 Å². The molecule has 1 aromatic heterocycles. The van der Waals surface area contributed by atoms with Gasteiger partial charge in [-0.2, -0.15) is 0 Å². The average molecular weight is 111 g/mol. The number of rotatable bonds is 0. The third-order valence-electron chi connectivity index (χ3n) is 0.509. The van der Waals surface area contributed by atoms with Crippen LogP contribution in [0.25, 0.3) is 0 Å². The lowest BCUT2D eigenvalue weighted by Gasteiger charge is -1.79. The van der Waals surface area contributed by atoms with E-state index >= 15 is 0 Å². The fourth-order valence-corrected chi connectivity index (χ4v) is 0.372. The Morgan fingerprint density at radius 1 is 1.43 bits per heavy atom. The topological polar surface area (TPSA) is 25.8 Å². The van der Waals surface area contributed by atoms with Crippen LogP contribution in [0.3, 0.4) is 0 Å². The highest BCUT2D eigenvalue weighted by Crippen LogP contribution is 1.88. The Morgan fingerprint density at radius 2 is 2.00 bits per heavy atom. The summed E-state index contributed by atoms with van der Waals surface area (Å²) < 4.78 is 0. The van der Waals surface area contributed by atoms with Crippen molar-refractivity contribution in [1.29, 1.82) is 0 Å². The third kappa shape index (κ3) is 1.16. The maximum atomic E-state index is 3.84. The van der Waals surface area contributed by atoms with Gasteiger partial charge in [0.1, 0.15) is 0 Å². The van der Waals surface area contributed by atoms with Crippen LogP contribution in [0, 0.1) is 6.07 Å². The standard InChI is InChI=1S/C4H3N2S/c7-4-5-2-1-3-6-4/h2-3H,(H,5,6,7). The first-order valence-electron chi connectivity index (χ1n) is 1.76. The van der Waals surface area contributed by atoms with E-state index in [0.717, 1.165) is 0 Å². The van der Waals surface area contributed by atoms with Crippen molar-refractivity contribution in [3.63, 3.8) is 0 Å². The van der Waals surface area contributed by atoms with Crippen molar-refractivity contribution < 1.29 is 0 Å². The molecule has 0 atom stereocenters. The van der Waals surface area contributed by atoms with Gasteiger partial charge in [0.15, 0.2) is 5.16 Å². The van der Waals surface area contributed by atoms with Gasteiger partial charge in [-0.1, -0.05) is 0 Å². The van der Waals surface area contributed by atoms with E-state index in [1.807, 2.05) is 0 Å². The van der Waals surface area contributed by atoms with Gasteiger partial charge in [-0.3, -0.25) is 0 Å². The summed E-state index contributed by atoms with van der Waals surface area (Å²) in [4.78, 5) is 7.35. The second kappa shape index (κ2) is 1.93. The van der Waals surface area contributed by atoms with E-state index in [1.54, 1.807) is 0 Å². The zero-order chi connectivity index (χ0) is 5.11. The monoisotopic (exact) mass is 111 g/mol. The summed E-state index contributed by atoms with van der Waals surface area (Å²) in [6.45, 7) is 0. The van der Waals surface area contributed by atoms with E-state index in [1.165, 1.54) is 12.4 Å². The van der Waals surface area contributed by atoms with Crippen molar-refractivity contribution in [2.45, 2.75) is 5.16 Å². The van der Waals surface area contributed by atoms with Gasteiger partial charge in [-0.25, -0.2) is 9.97 Å². The maximum absolute atomic E-state index is 3.84. The lowest BCUT2D eigenvalue weighted by molar-refractivity contribution is 0.972. The molecule has 1 aromatic rings. The zero-order valence-electron chi connectivity index (χ0n) is 3.50. The second-order valence-corrected chi connectivity index (χ2v) is 1.38. The summed E-state index contributed by atoms with van der Waals surface area (Å²) in [6.07, 6.45) is 3.05. The predicted molar refractivity (Wildman–Crippen MR) is 28.1 cm³/mol. The summed E-state index contributed by atoms with van der Waals surface area (Å²) in [5, 5.41) is 0.485. The molecule has 0 aromatic carbocycles. The molecule has 0 N–H and O–H groups in total. The Hall–Kier alpha value is -0.570. The molecular weight excluding hydrogens is 108 g/mol. The molecule has 1 heterocycles. The highest BCUT2D eigenvalue weighted by molar-refractivity contribution is 7.80. The number of hydrogen-bond donors (Lipinski definition) is 1. The zero-order valence-corrected chi connectivity index (χ0v) is 4.39. The molecule has 0 saturated heterocycles. The smallest absolute Gasteiger partial charge is 0.184 e. The number of hydrogen-bond acceptors (Lipinski definition) is 3. The lowest BCUT2D eigenvalue weighted by Crippen LogP contribution is -1.76. The van der Waals surface area contributed by atoms with Gasteiger partial charge in [-0.05, 0) is 0 Å². The lowest BCUT2D eigenvalue weighted by atomic mass is 10.7. The van der Waals surface area contributed by atoms with Gasteiger partial charge in [0.2, 0.25) is 0 Å². The van der Waals surface area contributed by atoms with E-state index in [0.29, 0.717) is 5.16 Å². The fraction of sp³-hybridized carbons (Fsp3) is 0. The van der Waals surface area contributed by atoms with Crippen LogP contribution in [0.15, 0.2) is 17.6 Å². The molecule has 1 rings (SSSR count). The number of thiol groups is 1. The van der Waals surface area contributed by atoms with Gasteiger partial charge in [0.05, 0.1) is 0 Å². The van der Waals surface area contributed by atoms with Crippen LogP contribution in [0.4, 0.5) is 0 Å². The van der Waals surface area contributed by atoms with Crippen molar-refractivity contribution in [2.75, 3.05) is 0 Å². The Morgan fingerprint density at radius 3 is 2.29 bits per heavy atom. The molecule has 7 heavy (non-hydrogen) atoms. The van der Waals surface area contributed by atoms with Crippen LogP contribution < -0.4 is 0 Å². The van der Waals surface area contributed by atoms with Crippen LogP contribution in [-0.2, 0) is 0 Å². The van der Waals surface area contributed by atoms with E-state index < -0.39 is 0 Å². The molecule has 0 aliphatic rings. The molecule has 0 aliphatic carbocycles. The summed E-state index contributed by atoms with van der Waals surface area (Å²) in [5.74, 6) is 0. The van der Waals surface area contributed by atoms with Gasteiger partial charge in [0.25, 0.3) is 0 Å². The first-order valence-corrected chi connectivity index (χ1v) is 2.21. The summed E-state index contributed by atoms with van der Waals surface area (Å²) in [7, 11) is 0. The SMILES string of the molecule is Sc1nc[c]cn1. The Bertz CT molecular complexity index is 140. The molecule has 0 unspecified atom stereocenters. The normalized spacial score (nSPS) is 8.71. The van der Waals surface area contributed by atoms with E-state index in [2.05, 4.69) is 28.7 Å². The van der Waals surface area contributed by atoms with E-state index in [9.17, 15) is 0 Å². The largest absolute Gasteiger partial charge is 0.231 e. The van der Waals surface area contributed by atoms with Gasteiger partial charge < -0.3 is 0 Å². The minimum atomic E-state index is 0.485. The predicted octanol–water partition coefficient (Wildman–Crippen LogP) is 0.565. The molecule has 0 amide bonds. The van der Waals surface area contributed by atoms with Crippen LogP contribution in [0.1, 0.15) is 0 Å². The van der Waals surface area contributed by atoms with Crippen molar-refractivity contribution >= 4 is 12.6 Å². The van der Waals surface area contributed by atoms with Crippen LogP contribution >= 0.6 is 12.6 Å². The Kier molecular flexibility index (Phi) is 1.26. The molecule has 2 nitrogen and oxygen atoms in total. The quantitative estimate of drug-likeness (QED) is 0.391. The average Bonchev–Trinajstić information content (AvgIpc) is 1.69. The van der Waals surface area contributed by atoms with Gasteiger partial charge >= 0.3 is 0 Å². The molecule has 0 fully saturated rings. The number of aromatic nitrogens is 2. The highest BCUT2D eigenvalue weighted by Gasteiger charge is 1.76. The first-order chi connectivity index (χ1) is 3.39. The number of nitrogens with zero attached hydrogens (tertiary/aromatic N) is 2. The third-order valence-corrected chi connectivity index (χ3v) is 0.740. The first kappa shape index (κ1) is 4.59. The molecular formula is C4H3N2S. The van der Waals surface area contributed by atoms with Crippen molar-refractivity contribution in [3.8, 4) is 0 Å². The molecule has 3 heteroatoms. The molecule has 35 valence electrons. The minimum Gasteiger partial charge on any atom is -0.231 e. The summed E-state index contributed by atoms with van der Waals surface area (Å²) in [5.41, 5.74) is 0. The van der Waals surface area contributed by atoms with Crippen molar-refractivity contribution in [1.82, 2.24) is 9.97 Å². The molecule has 0 saturated carbocycles. The highest BCUT2D eigenvalue weighted by atomic mass is 32.1. The van der Waals surface area contributed by atoms with Crippen molar-refractivity contribution in [2.24, 2.45) is 0 Å².